The van der Waals surface area contributed by atoms with Gasteiger partial charge in [0.05, 0.1) is 12.1 Å². The average Bonchev–Trinajstić information content (AvgIpc) is 2.28. The van der Waals surface area contributed by atoms with Gasteiger partial charge < -0.3 is 10.1 Å². The van der Waals surface area contributed by atoms with Gasteiger partial charge in [-0.1, -0.05) is 12.0 Å². The monoisotopic (exact) mass is 257 g/mol. The third kappa shape index (κ3) is 4.68. The molecule has 0 fully saturated rings. The molecule has 0 amide bonds. The standard InChI is InChI=1S/C13H14F3NO/c1-3-7-17-9-10(2)18-12-6-4-5-11(8-12)13(14,15)16/h1,4-6,8,10,17H,7,9H2,2H3. The first kappa shape index (κ1) is 14.4. The molecule has 1 atom stereocenters. The van der Waals surface area contributed by atoms with Crippen LogP contribution in [0.4, 0.5) is 13.2 Å². The molecule has 0 heterocycles. The summed E-state index contributed by atoms with van der Waals surface area (Å²) in [7, 11) is 0. The van der Waals surface area contributed by atoms with Crippen molar-refractivity contribution in [2.45, 2.75) is 19.2 Å². The largest absolute Gasteiger partial charge is 0.489 e. The summed E-state index contributed by atoms with van der Waals surface area (Å²) >= 11 is 0. The van der Waals surface area contributed by atoms with Gasteiger partial charge in [-0.3, -0.25) is 0 Å². The molecule has 1 N–H and O–H groups in total. The molecule has 0 saturated heterocycles. The number of hydrogen-bond acceptors (Lipinski definition) is 2. The van der Waals surface area contributed by atoms with Crippen LogP contribution in [0.15, 0.2) is 24.3 Å². The number of rotatable bonds is 5. The minimum absolute atomic E-state index is 0.194. The molecule has 5 heteroatoms. The Balaban J connectivity index is 2.60. The maximum Gasteiger partial charge on any atom is 0.416 e. The molecule has 0 saturated carbocycles. The molecule has 0 radical (unpaired) electrons. The Bertz CT molecular complexity index is 423. The van der Waals surface area contributed by atoms with E-state index < -0.39 is 11.7 Å². The maximum atomic E-state index is 12.5. The van der Waals surface area contributed by atoms with Crippen LogP contribution < -0.4 is 10.1 Å². The van der Waals surface area contributed by atoms with Crippen LogP contribution in [0, 0.1) is 12.3 Å². The van der Waals surface area contributed by atoms with Crippen molar-refractivity contribution in [3.05, 3.63) is 29.8 Å². The summed E-state index contributed by atoms with van der Waals surface area (Å²) in [5.41, 5.74) is -0.719. The summed E-state index contributed by atoms with van der Waals surface area (Å²) in [5, 5.41) is 2.92. The lowest BCUT2D eigenvalue weighted by molar-refractivity contribution is -0.137. The van der Waals surface area contributed by atoms with Gasteiger partial charge in [-0.05, 0) is 25.1 Å². The van der Waals surface area contributed by atoms with Gasteiger partial charge in [0.1, 0.15) is 11.9 Å². The summed E-state index contributed by atoms with van der Waals surface area (Å²) in [6, 6.07) is 4.80. The number of halogens is 3. The van der Waals surface area contributed by atoms with E-state index in [0.717, 1.165) is 12.1 Å². The maximum absolute atomic E-state index is 12.5. The van der Waals surface area contributed by atoms with Crippen molar-refractivity contribution in [2.75, 3.05) is 13.1 Å². The van der Waals surface area contributed by atoms with E-state index in [0.29, 0.717) is 13.1 Å². The van der Waals surface area contributed by atoms with E-state index in [4.69, 9.17) is 11.2 Å². The molecule has 18 heavy (non-hydrogen) atoms. The van der Waals surface area contributed by atoms with Crippen molar-refractivity contribution in [3.63, 3.8) is 0 Å². The lowest BCUT2D eigenvalue weighted by Gasteiger charge is -2.16. The van der Waals surface area contributed by atoms with Crippen LogP contribution in [-0.4, -0.2) is 19.2 Å². The predicted octanol–water partition coefficient (Wildman–Crippen LogP) is 2.70. The second kappa shape index (κ2) is 6.31. The first-order chi connectivity index (χ1) is 8.43. The smallest absolute Gasteiger partial charge is 0.416 e. The van der Waals surface area contributed by atoms with Gasteiger partial charge >= 0.3 is 6.18 Å². The molecule has 0 aliphatic heterocycles. The van der Waals surface area contributed by atoms with Gasteiger partial charge in [-0.15, -0.1) is 6.42 Å². The van der Waals surface area contributed by atoms with E-state index in [1.807, 2.05) is 0 Å². The molecule has 0 spiro atoms. The first-order valence-electron chi connectivity index (χ1n) is 5.41. The molecule has 1 rings (SSSR count). The molecule has 1 unspecified atom stereocenters. The molecule has 0 aliphatic carbocycles. The highest BCUT2D eigenvalue weighted by Crippen LogP contribution is 2.31. The van der Waals surface area contributed by atoms with E-state index in [9.17, 15) is 13.2 Å². The molecule has 0 bridgehead atoms. The fourth-order valence-corrected chi connectivity index (χ4v) is 1.37. The van der Waals surface area contributed by atoms with E-state index in [1.165, 1.54) is 12.1 Å². The van der Waals surface area contributed by atoms with Crippen molar-refractivity contribution < 1.29 is 17.9 Å². The third-order valence-electron chi connectivity index (χ3n) is 2.16. The zero-order chi connectivity index (χ0) is 13.6. The summed E-state index contributed by atoms with van der Waals surface area (Å²) in [6.45, 7) is 2.63. The van der Waals surface area contributed by atoms with Crippen LogP contribution >= 0.6 is 0 Å². The molecule has 1 aromatic carbocycles. The highest BCUT2D eigenvalue weighted by molar-refractivity contribution is 5.30. The molecular weight excluding hydrogens is 243 g/mol. The van der Waals surface area contributed by atoms with E-state index in [2.05, 4.69) is 11.2 Å². The van der Waals surface area contributed by atoms with Crippen LogP contribution in [0.5, 0.6) is 5.75 Å². The SMILES string of the molecule is C#CCNCC(C)Oc1cccc(C(F)(F)F)c1. The number of benzene rings is 1. The van der Waals surface area contributed by atoms with Crippen LogP contribution in [0.3, 0.4) is 0 Å². The fraction of sp³-hybridized carbons (Fsp3) is 0.385. The molecule has 2 nitrogen and oxygen atoms in total. The predicted molar refractivity (Wildman–Crippen MR) is 63.2 cm³/mol. The van der Waals surface area contributed by atoms with Gasteiger partial charge in [-0.2, -0.15) is 13.2 Å². The summed E-state index contributed by atoms with van der Waals surface area (Å²) in [6.07, 6.45) is 0.438. The van der Waals surface area contributed by atoms with Gasteiger partial charge in [0.15, 0.2) is 0 Å². The molecule has 98 valence electrons. The second-order valence-electron chi connectivity index (χ2n) is 3.79. The quantitative estimate of drug-likeness (QED) is 0.647. The Morgan fingerprint density at radius 1 is 1.44 bits per heavy atom. The topological polar surface area (TPSA) is 21.3 Å². The summed E-state index contributed by atoms with van der Waals surface area (Å²) < 4.78 is 42.8. The van der Waals surface area contributed by atoms with Gasteiger partial charge in [0.25, 0.3) is 0 Å². The summed E-state index contributed by atoms with van der Waals surface area (Å²) in [5.74, 6) is 2.59. The number of hydrogen-bond donors (Lipinski definition) is 1. The van der Waals surface area contributed by atoms with E-state index in [1.54, 1.807) is 6.92 Å². The van der Waals surface area contributed by atoms with Gasteiger partial charge in [-0.25, -0.2) is 0 Å². The van der Waals surface area contributed by atoms with E-state index in [-0.39, 0.29) is 11.9 Å². The van der Waals surface area contributed by atoms with Crippen molar-refractivity contribution in [2.24, 2.45) is 0 Å². The molecule has 0 aromatic heterocycles. The van der Waals surface area contributed by atoms with Crippen molar-refractivity contribution >= 4 is 0 Å². The molecule has 0 aliphatic rings. The first-order valence-corrected chi connectivity index (χ1v) is 5.41. The highest BCUT2D eigenvalue weighted by atomic mass is 19.4. The van der Waals surface area contributed by atoms with Crippen LogP contribution in [0.1, 0.15) is 12.5 Å². The normalized spacial score (nSPS) is 12.8. The zero-order valence-electron chi connectivity index (χ0n) is 9.92. The number of nitrogens with one attached hydrogen (secondary N) is 1. The van der Waals surface area contributed by atoms with Crippen molar-refractivity contribution in [1.82, 2.24) is 5.32 Å². The second-order valence-corrected chi connectivity index (χ2v) is 3.79. The Hall–Kier alpha value is -1.67. The lowest BCUT2D eigenvalue weighted by Crippen LogP contribution is -2.29. The average molecular weight is 257 g/mol. The zero-order valence-corrected chi connectivity index (χ0v) is 9.92. The van der Waals surface area contributed by atoms with Crippen LogP contribution in [0.2, 0.25) is 0 Å². The Kier molecular flexibility index (Phi) is 5.05. The van der Waals surface area contributed by atoms with Gasteiger partial charge in [0, 0.05) is 6.54 Å². The van der Waals surface area contributed by atoms with Crippen molar-refractivity contribution in [3.8, 4) is 18.1 Å². The third-order valence-corrected chi connectivity index (χ3v) is 2.16. The summed E-state index contributed by atoms with van der Waals surface area (Å²) in [4.78, 5) is 0. The Morgan fingerprint density at radius 2 is 2.17 bits per heavy atom. The molecule has 1 aromatic rings. The number of ether oxygens (including phenoxy) is 1. The van der Waals surface area contributed by atoms with Crippen molar-refractivity contribution in [1.29, 1.82) is 0 Å². The van der Waals surface area contributed by atoms with E-state index >= 15 is 0 Å². The lowest BCUT2D eigenvalue weighted by atomic mass is 10.2. The Labute approximate surface area is 104 Å². The number of alkyl halides is 3. The molecular formula is C13H14F3NO. The van der Waals surface area contributed by atoms with Gasteiger partial charge in [0.2, 0.25) is 0 Å². The Morgan fingerprint density at radius 3 is 2.78 bits per heavy atom. The van der Waals surface area contributed by atoms with Crippen LogP contribution in [-0.2, 0) is 6.18 Å². The van der Waals surface area contributed by atoms with Crippen LogP contribution in [0.25, 0.3) is 0 Å². The minimum Gasteiger partial charge on any atom is -0.489 e. The number of terminal acetylenes is 1. The fourth-order valence-electron chi connectivity index (χ4n) is 1.37. The highest BCUT2D eigenvalue weighted by Gasteiger charge is 2.30. The minimum atomic E-state index is -4.36.